The minimum Gasteiger partial charge on any atom is -0.335 e. The molecule has 4 heterocycles. The maximum Gasteiger partial charge on any atom is 0.275 e. The van der Waals surface area contributed by atoms with Crippen molar-refractivity contribution in [1.82, 2.24) is 34.8 Å². The lowest BCUT2D eigenvalue weighted by Gasteiger charge is -2.34. The Bertz CT molecular complexity index is 1290. The largest absolute Gasteiger partial charge is 0.335 e. The molecule has 4 aromatic rings. The zero-order valence-electron chi connectivity index (χ0n) is 17.5. The number of benzene rings is 1. The molecule has 1 aliphatic rings. The van der Waals surface area contributed by atoms with Gasteiger partial charge in [0.05, 0.1) is 17.8 Å². The van der Waals surface area contributed by atoms with Gasteiger partial charge in [0, 0.05) is 62.1 Å². The van der Waals surface area contributed by atoms with Gasteiger partial charge in [-0.1, -0.05) is 18.2 Å². The number of fused-ring (bicyclic) bond motifs is 1. The first-order valence-corrected chi connectivity index (χ1v) is 10.6. The fraction of sp³-hybridized carbons (Fsp3) is 0.261. The molecule has 32 heavy (non-hydrogen) atoms. The molecule has 0 radical (unpaired) electrons. The Labute approximate surface area is 184 Å². The maximum absolute atomic E-state index is 12.9. The van der Waals surface area contributed by atoms with Crippen LogP contribution in [0.3, 0.4) is 0 Å². The Balaban J connectivity index is 1.20. The van der Waals surface area contributed by atoms with Crippen LogP contribution in [-0.4, -0.2) is 73.4 Å². The Morgan fingerprint density at radius 3 is 2.62 bits per heavy atom. The van der Waals surface area contributed by atoms with Crippen molar-refractivity contribution >= 4 is 16.8 Å². The van der Waals surface area contributed by atoms with Gasteiger partial charge in [0.15, 0.2) is 5.69 Å². The molecule has 1 fully saturated rings. The standard InChI is InChI=1S/C23H23N7O2/c31-21-8-7-19(17-4-3-9-24-16-17)27-30(21)15-12-28-10-13-29(14-11-28)23(32)22-18-5-1-2-6-20(18)25-26-22/h1-9,16H,10-15H2,(H,25,26). The normalized spacial score (nSPS) is 14.7. The number of amides is 1. The number of aromatic nitrogens is 5. The predicted octanol–water partition coefficient (Wildman–Crippen LogP) is 1.64. The van der Waals surface area contributed by atoms with Crippen molar-refractivity contribution in [3.05, 3.63) is 77.0 Å². The monoisotopic (exact) mass is 429 g/mol. The molecule has 1 aromatic carbocycles. The molecule has 3 aromatic heterocycles. The molecule has 0 saturated carbocycles. The molecule has 0 spiro atoms. The summed E-state index contributed by atoms with van der Waals surface area (Å²) < 4.78 is 1.50. The number of hydrogen-bond acceptors (Lipinski definition) is 6. The molecule has 1 saturated heterocycles. The Kier molecular flexibility index (Phi) is 5.47. The van der Waals surface area contributed by atoms with E-state index in [0.717, 1.165) is 35.2 Å². The highest BCUT2D eigenvalue weighted by atomic mass is 16.2. The van der Waals surface area contributed by atoms with Gasteiger partial charge in [-0.05, 0) is 24.3 Å². The van der Waals surface area contributed by atoms with E-state index in [1.54, 1.807) is 24.5 Å². The van der Waals surface area contributed by atoms with Crippen LogP contribution in [0.1, 0.15) is 10.5 Å². The number of aromatic amines is 1. The van der Waals surface area contributed by atoms with E-state index in [4.69, 9.17) is 0 Å². The van der Waals surface area contributed by atoms with Crippen molar-refractivity contribution < 1.29 is 4.79 Å². The van der Waals surface area contributed by atoms with E-state index < -0.39 is 0 Å². The van der Waals surface area contributed by atoms with E-state index in [-0.39, 0.29) is 11.5 Å². The molecule has 9 heteroatoms. The minimum absolute atomic E-state index is 0.0517. The highest BCUT2D eigenvalue weighted by Gasteiger charge is 2.25. The number of piperazine rings is 1. The summed E-state index contributed by atoms with van der Waals surface area (Å²) in [6.07, 6.45) is 3.44. The lowest BCUT2D eigenvalue weighted by Crippen LogP contribution is -2.49. The highest BCUT2D eigenvalue weighted by Crippen LogP contribution is 2.18. The van der Waals surface area contributed by atoms with Crippen molar-refractivity contribution in [3.63, 3.8) is 0 Å². The van der Waals surface area contributed by atoms with Crippen molar-refractivity contribution in [2.45, 2.75) is 6.54 Å². The smallest absolute Gasteiger partial charge is 0.275 e. The average molecular weight is 429 g/mol. The highest BCUT2D eigenvalue weighted by molar-refractivity contribution is 6.04. The third-order valence-electron chi connectivity index (χ3n) is 5.78. The number of carbonyl (C=O) groups is 1. The molecule has 0 bridgehead atoms. The number of nitrogens with zero attached hydrogens (tertiary/aromatic N) is 6. The fourth-order valence-electron chi connectivity index (χ4n) is 3.96. The van der Waals surface area contributed by atoms with E-state index in [0.29, 0.717) is 31.9 Å². The molecule has 1 N–H and O–H groups in total. The summed E-state index contributed by atoms with van der Waals surface area (Å²) in [5.74, 6) is -0.0517. The van der Waals surface area contributed by atoms with Crippen LogP contribution in [0.15, 0.2) is 65.7 Å². The number of carbonyl (C=O) groups excluding carboxylic acids is 1. The fourth-order valence-corrected chi connectivity index (χ4v) is 3.96. The summed E-state index contributed by atoms with van der Waals surface area (Å²) in [5.41, 5.74) is 2.80. The SMILES string of the molecule is O=C(c1n[nH]c2ccccc12)N1CCN(CCn2nc(-c3cccnc3)ccc2=O)CC1. The van der Waals surface area contributed by atoms with Gasteiger partial charge in [-0.3, -0.25) is 24.6 Å². The van der Waals surface area contributed by atoms with Gasteiger partial charge in [-0.2, -0.15) is 10.2 Å². The third-order valence-corrected chi connectivity index (χ3v) is 5.78. The van der Waals surface area contributed by atoms with Crippen LogP contribution in [0.5, 0.6) is 0 Å². The number of nitrogens with one attached hydrogen (secondary N) is 1. The molecule has 9 nitrogen and oxygen atoms in total. The molecule has 0 unspecified atom stereocenters. The summed E-state index contributed by atoms with van der Waals surface area (Å²) in [6, 6.07) is 14.7. The quantitative estimate of drug-likeness (QED) is 0.518. The molecule has 1 aliphatic heterocycles. The summed E-state index contributed by atoms with van der Waals surface area (Å²) in [4.78, 5) is 33.4. The Hall–Kier alpha value is -3.85. The molecule has 162 valence electrons. The third kappa shape index (κ3) is 4.02. The second-order valence-corrected chi connectivity index (χ2v) is 7.77. The van der Waals surface area contributed by atoms with Crippen LogP contribution in [-0.2, 0) is 6.54 Å². The zero-order chi connectivity index (χ0) is 21.9. The number of para-hydroxylation sites is 1. The van der Waals surface area contributed by atoms with Gasteiger partial charge in [0.1, 0.15) is 0 Å². The second kappa shape index (κ2) is 8.72. The topological polar surface area (TPSA) is 100 Å². The van der Waals surface area contributed by atoms with Crippen LogP contribution >= 0.6 is 0 Å². The van der Waals surface area contributed by atoms with Crippen molar-refractivity contribution in [2.75, 3.05) is 32.7 Å². The summed E-state index contributed by atoms with van der Waals surface area (Å²) >= 11 is 0. The number of pyridine rings is 1. The molecule has 1 amide bonds. The summed E-state index contributed by atoms with van der Waals surface area (Å²) in [6.45, 7) is 3.91. The van der Waals surface area contributed by atoms with Crippen LogP contribution in [0.4, 0.5) is 0 Å². The van der Waals surface area contributed by atoms with Crippen LogP contribution in [0, 0.1) is 0 Å². The predicted molar refractivity (Wildman–Crippen MR) is 120 cm³/mol. The molecule has 5 rings (SSSR count). The van der Waals surface area contributed by atoms with Gasteiger partial charge < -0.3 is 4.90 Å². The van der Waals surface area contributed by atoms with Crippen molar-refractivity contribution in [2.24, 2.45) is 0 Å². The Morgan fingerprint density at radius 2 is 1.81 bits per heavy atom. The van der Waals surface area contributed by atoms with E-state index >= 15 is 0 Å². The second-order valence-electron chi connectivity index (χ2n) is 7.77. The molecule has 0 aliphatic carbocycles. The maximum atomic E-state index is 12.9. The first kappa shape index (κ1) is 20.1. The average Bonchev–Trinajstić information content (AvgIpc) is 3.28. The van der Waals surface area contributed by atoms with Gasteiger partial charge in [0.25, 0.3) is 11.5 Å². The summed E-state index contributed by atoms with van der Waals surface area (Å²) in [5, 5.41) is 12.5. The van der Waals surface area contributed by atoms with E-state index in [9.17, 15) is 9.59 Å². The van der Waals surface area contributed by atoms with E-state index in [2.05, 4.69) is 25.2 Å². The lowest BCUT2D eigenvalue weighted by atomic mass is 10.2. The molecular formula is C23H23N7O2. The molecular weight excluding hydrogens is 406 g/mol. The van der Waals surface area contributed by atoms with Crippen molar-refractivity contribution in [1.29, 1.82) is 0 Å². The Morgan fingerprint density at radius 1 is 0.969 bits per heavy atom. The van der Waals surface area contributed by atoms with Gasteiger partial charge >= 0.3 is 0 Å². The summed E-state index contributed by atoms with van der Waals surface area (Å²) in [7, 11) is 0. The number of rotatable bonds is 5. The number of H-pyrrole nitrogens is 1. The number of hydrogen-bond donors (Lipinski definition) is 1. The lowest BCUT2D eigenvalue weighted by molar-refractivity contribution is 0.0627. The van der Waals surface area contributed by atoms with Crippen LogP contribution in [0.2, 0.25) is 0 Å². The molecule has 0 atom stereocenters. The van der Waals surface area contributed by atoms with Gasteiger partial charge in [-0.15, -0.1) is 0 Å². The van der Waals surface area contributed by atoms with Gasteiger partial charge in [-0.25, -0.2) is 4.68 Å². The van der Waals surface area contributed by atoms with E-state index in [1.165, 1.54) is 4.68 Å². The van der Waals surface area contributed by atoms with E-state index in [1.807, 2.05) is 41.3 Å². The first-order chi connectivity index (χ1) is 15.7. The van der Waals surface area contributed by atoms with Gasteiger partial charge in [0.2, 0.25) is 0 Å². The zero-order valence-corrected chi connectivity index (χ0v) is 17.5. The van der Waals surface area contributed by atoms with Crippen LogP contribution < -0.4 is 5.56 Å². The van der Waals surface area contributed by atoms with Crippen LogP contribution in [0.25, 0.3) is 22.2 Å². The van der Waals surface area contributed by atoms with Crippen molar-refractivity contribution in [3.8, 4) is 11.3 Å². The minimum atomic E-state index is -0.128. The first-order valence-electron chi connectivity index (χ1n) is 10.6.